The van der Waals surface area contributed by atoms with Crippen LogP contribution in [0.1, 0.15) is 12.8 Å². The third-order valence-electron chi connectivity index (χ3n) is 3.28. The van der Waals surface area contributed by atoms with E-state index in [1.165, 1.54) is 0 Å². The molecule has 0 aliphatic carbocycles. The van der Waals surface area contributed by atoms with E-state index in [4.69, 9.17) is 5.73 Å². The molecule has 2 rings (SSSR count). The molecule has 0 radical (unpaired) electrons. The Kier molecular flexibility index (Phi) is 3.24. The van der Waals surface area contributed by atoms with Crippen LogP contribution in [0.15, 0.2) is 12.4 Å². The van der Waals surface area contributed by atoms with E-state index in [9.17, 15) is 0 Å². The third-order valence-corrected chi connectivity index (χ3v) is 3.28. The molecule has 1 aliphatic rings. The summed E-state index contributed by atoms with van der Waals surface area (Å²) in [6.45, 7) is 2.27. The Bertz CT molecular complexity index is 346. The summed E-state index contributed by atoms with van der Waals surface area (Å²) in [7, 11) is 4.21. The molecule has 88 valence electrons. The van der Waals surface area contributed by atoms with Gasteiger partial charge in [-0.1, -0.05) is 0 Å². The normalized spacial score (nSPS) is 18.6. The molecule has 5 nitrogen and oxygen atoms in total. The molecular weight excluding hydrogens is 202 g/mol. The van der Waals surface area contributed by atoms with Gasteiger partial charge >= 0.3 is 0 Å². The summed E-state index contributed by atoms with van der Waals surface area (Å²) >= 11 is 0. The Morgan fingerprint density at radius 1 is 1.31 bits per heavy atom. The summed E-state index contributed by atoms with van der Waals surface area (Å²) in [6, 6.07) is 0.523. The summed E-state index contributed by atoms with van der Waals surface area (Å²) in [5.74, 6) is 1.32. The number of likely N-dealkylation sites (tertiary alicyclic amines) is 1. The molecule has 0 aromatic carbocycles. The molecule has 2 heterocycles. The Balaban J connectivity index is 2.07. The molecule has 0 unspecified atom stereocenters. The van der Waals surface area contributed by atoms with Gasteiger partial charge in [0.15, 0.2) is 11.6 Å². The van der Waals surface area contributed by atoms with Crippen LogP contribution in [0.4, 0.5) is 11.6 Å². The first-order chi connectivity index (χ1) is 7.68. The van der Waals surface area contributed by atoms with Gasteiger partial charge in [-0.25, -0.2) is 9.97 Å². The zero-order chi connectivity index (χ0) is 11.5. The van der Waals surface area contributed by atoms with Gasteiger partial charge in [0.25, 0.3) is 0 Å². The van der Waals surface area contributed by atoms with Crippen molar-refractivity contribution in [2.45, 2.75) is 18.9 Å². The summed E-state index contributed by atoms with van der Waals surface area (Å²) in [4.78, 5) is 12.9. The Morgan fingerprint density at radius 3 is 2.56 bits per heavy atom. The number of nitrogens with two attached hydrogens (primary N) is 1. The van der Waals surface area contributed by atoms with Crippen molar-refractivity contribution in [2.75, 3.05) is 37.8 Å². The molecule has 0 atom stereocenters. The predicted molar refractivity (Wildman–Crippen MR) is 65.4 cm³/mol. The number of nitrogens with zero attached hydrogens (tertiary/aromatic N) is 4. The van der Waals surface area contributed by atoms with Crippen molar-refractivity contribution in [3.05, 3.63) is 12.4 Å². The van der Waals surface area contributed by atoms with E-state index in [-0.39, 0.29) is 0 Å². The fourth-order valence-electron chi connectivity index (χ4n) is 2.17. The van der Waals surface area contributed by atoms with Crippen LogP contribution in [0, 0.1) is 0 Å². The number of rotatable bonds is 2. The molecule has 1 aromatic heterocycles. The van der Waals surface area contributed by atoms with Gasteiger partial charge in [0, 0.05) is 25.5 Å². The van der Waals surface area contributed by atoms with Crippen LogP contribution in [0.5, 0.6) is 0 Å². The van der Waals surface area contributed by atoms with E-state index in [2.05, 4.69) is 33.9 Å². The van der Waals surface area contributed by atoms with Crippen molar-refractivity contribution in [1.82, 2.24) is 14.9 Å². The summed E-state index contributed by atoms with van der Waals surface area (Å²) in [6.07, 6.45) is 5.63. The highest BCUT2D eigenvalue weighted by Gasteiger charge is 2.22. The van der Waals surface area contributed by atoms with Crippen molar-refractivity contribution >= 4 is 11.6 Å². The summed E-state index contributed by atoms with van der Waals surface area (Å²) < 4.78 is 0. The number of hydrogen-bond donors (Lipinski definition) is 1. The molecule has 1 aromatic rings. The van der Waals surface area contributed by atoms with Crippen LogP contribution in [-0.4, -0.2) is 48.1 Å². The molecular formula is C11H19N5. The maximum Gasteiger partial charge on any atom is 0.171 e. The van der Waals surface area contributed by atoms with Gasteiger partial charge in [0.2, 0.25) is 0 Å². The number of hydrogen-bond acceptors (Lipinski definition) is 5. The van der Waals surface area contributed by atoms with Crippen LogP contribution in [-0.2, 0) is 0 Å². The van der Waals surface area contributed by atoms with E-state index in [1.54, 1.807) is 12.4 Å². The van der Waals surface area contributed by atoms with Crippen LogP contribution in [0.25, 0.3) is 0 Å². The minimum atomic E-state index is 0.518. The molecule has 1 fully saturated rings. The second kappa shape index (κ2) is 4.65. The standard InChI is InChI=1S/C11H19N5/c1-15-7-3-9(4-8-15)16(2)11-10(12)13-5-6-14-11/h5-6,9H,3-4,7-8H2,1-2H3,(H2,12,13). The average molecular weight is 221 g/mol. The van der Waals surface area contributed by atoms with Gasteiger partial charge in [-0.3, -0.25) is 0 Å². The van der Waals surface area contributed by atoms with Gasteiger partial charge in [-0.05, 0) is 33.0 Å². The largest absolute Gasteiger partial charge is 0.381 e. The summed E-state index contributed by atoms with van der Waals surface area (Å²) in [5, 5.41) is 0. The minimum absolute atomic E-state index is 0.518. The first-order valence-electron chi connectivity index (χ1n) is 5.66. The van der Waals surface area contributed by atoms with Crippen molar-refractivity contribution in [3.63, 3.8) is 0 Å². The first-order valence-corrected chi connectivity index (χ1v) is 5.66. The number of aromatic nitrogens is 2. The quantitative estimate of drug-likeness (QED) is 0.792. The number of piperidine rings is 1. The van der Waals surface area contributed by atoms with Crippen molar-refractivity contribution < 1.29 is 0 Å². The molecule has 0 amide bonds. The lowest BCUT2D eigenvalue weighted by atomic mass is 10.0. The molecule has 1 aliphatic heterocycles. The molecule has 5 heteroatoms. The predicted octanol–water partition coefficient (Wildman–Crippen LogP) is 0.589. The highest BCUT2D eigenvalue weighted by Crippen LogP contribution is 2.22. The molecule has 0 bridgehead atoms. The zero-order valence-corrected chi connectivity index (χ0v) is 9.93. The number of nitrogen functional groups attached to an aromatic ring is 1. The topological polar surface area (TPSA) is 58.3 Å². The van der Waals surface area contributed by atoms with Gasteiger partial charge < -0.3 is 15.5 Å². The Labute approximate surface area is 96.3 Å². The lowest BCUT2D eigenvalue weighted by molar-refractivity contribution is 0.252. The molecule has 0 saturated carbocycles. The second-order valence-electron chi connectivity index (χ2n) is 4.41. The smallest absolute Gasteiger partial charge is 0.171 e. The maximum absolute atomic E-state index is 5.83. The molecule has 0 spiro atoms. The monoisotopic (exact) mass is 221 g/mol. The Hall–Kier alpha value is -1.36. The SMILES string of the molecule is CN1CCC(N(C)c2nccnc2N)CC1. The lowest BCUT2D eigenvalue weighted by Gasteiger charge is -2.35. The summed E-state index contributed by atoms with van der Waals surface area (Å²) in [5.41, 5.74) is 5.83. The molecule has 2 N–H and O–H groups in total. The highest BCUT2D eigenvalue weighted by atomic mass is 15.2. The van der Waals surface area contributed by atoms with Crippen LogP contribution in [0.2, 0.25) is 0 Å². The maximum atomic E-state index is 5.83. The zero-order valence-electron chi connectivity index (χ0n) is 9.93. The fourth-order valence-corrected chi connectivity index (χ4v) is 2.17. The lowest BCUT2D eigenvalue weighted by Crippen LogP contribution is -2.42. The van der Waals surface area contributed by atoms with E-state index in [1.807, 2.05) is 0 Å². The van der Waals surface area contributed by atoms with E-state index >= 15 is 0 Å². The van der Waals surface area contributed by atoms with Crippen molar-refractivity contribution in [1.29, 1.82) is 0 Å². The fraction of sp³-hybridized carbons (Fsp3) is 0.636. The van der Waals surface area contributed by atoms with Gasteiger partial charge in [-0.15, -0.1) is 0 Å². The van der Waals surface area contributed by atoms with Crippen LogP contribution >= 0.6 is 0 Å². The molecule has 1 saturated heterocycles. The highest BCUT2D eigenvalue weighted by molar-refractivity contribution is 5.57. The van der Waals surface area contributed by atoms with E-state index < -0.39 is 0 Å². The van der Waals surface area contributed by atoms with Crippen molar-refractivity contribution in [3.8, 4) is 0 Å². The number of anilines is 2. The minimum Gasteiger partial charge on any atom is -0.381 e. The van der Waals surface area contributed by atoms with Gasteiger partial charge in [-0.2, -0.15) is 0 Å². The van der Waals surface area contributed by atoms with Crippen LogP contribution < -0.4 is 10.6 Å². The van der Waals surface area contributed by atoms with Gasteiger partial charge in [0.05, 0.1) is 0 Å². The first kappa shape index (κ1) is 11.1. The average Bonchev–Trinajstić information content (AvgIpc) is 2.30. The van der Waals surface area contributed by atoms with Crippen LogP contribution in [0.3, 0.4) is 0 Å². The van der Waals surface area contributed by atoms with Gasteiger partial charge in [0.1, 0.15) is 0 Å². The second-order valence-corrected chi connectivity index (χ2v) is 4.41. The van der Waals surface area contributed by atoms with E-state index in [0.717, 1.165) is 31.7 Å². The Morgan fingerprint density at radius 2 is 1.94 bits per heavy atom. The molecule has 16 heavy (non-hydrogen) atoms. The van der Waals surface area contributed by atoms with Crippen molar-refractivity contribution in [2.24, 2.45) is 0 Å². The van der Waals surface area contributed by atoms with E-state index in [0.29, 0.717) is 11.9 Å². The third kappa shape index (κ3) is 2.24.